The molecule has 11 heavy (non-hydrogen) atoms. The third-order valence-electron chi connectivity index (χ3n) is 1.76. The van der Waals surface area contributed by atoms with E-state index in [1.54, 1.807) is 0 Å². The predicted octanol–water partition coefficient (Wildman–Crippen LogP) is 1.80. The van der Waals surface area contributed by atoms with Gasteiger partial charge in [-0.3, -0.25) is 0 Å². The second-order valence-corrected chi connectivity index (χ2v) is 2.65. The molecular formula is C10H10N+. The predicted molar refractivity (Wildman–Crippen MR) is 45.6 cm³/mol. The molecule has 1 heterocycles. The zero-order valence-electron chi connectivity index (χ0n) is 6.27. The Bertz CT molecular complexity index is 296. The van der Waals surface area contributed by atoms with Gasteiger partial charge in [-0.1, -0.05) is 30.3 Å². The van der Waals surface area contributed by atoms with Crippen LogP contribution in [0.25, 0.3) is 0 Å². The van der Waals surface area contributed by atoms with E-state index in [4.69, 9.17) is 0 Å². The van der Waals surface area contributed by atoms with Crippen molar-refractivity contribution in [3.05, 3.63) is 48.2 Å². The lowest BCUT2D eigenvalue weighted by atomic mass is 10.2. The van der Waals surface area contributed by atoms with Crippen molar-refractivity contribution in [3.8, 4) is 0 Å². The molecule has 1 heteroatoms. The van der Waals surface area contributed by atoms with Gasteiger partial charge in [0.15, 0.2) is 19.0 Å². The van der Waals surface area contributed by atoms with Crippen molar-refractivity contribution in [3.63, 3.8) is 0 Å². The fourth-order valence-electron chi connectivity index (χ4n) is 1.11. The zero-order chi connectivity index (χ0) is 7.52. The first-order valence-electron chi connectivity index (χ1n) is 3.76. The summed E-state index contributed by atoms with van der Waals surface area (Å²) in [5.74, 6) is 0. The number of rotatable bonds is 2. The molecule has 0 saturated heterocycles. The lowest BCUT2D eigenvalue weighted by Gasteiger charge is -2.00. The van der Waals surface area contributed by atoms with Gasteiger partial charge in [-0.15, -0.1) is 0 Å². The minimum Gasteiger partial charge on any atom is -0.200 e. The molecule has 0 saturated carbocycles. The smallest absolute Gasteiger partial charge is 0.175 e. The fraction of sp³-hybridized carbons (Fsp3) is 0.100. The van der Waals surface area contributed by atoms with Crippen LogP contribution in [0.3, 0.4) is 0 Å². The maximum atomic E-state index is 2.16. The van der Waals surface area contributed by atoms with Crippen LogP contribution in [0.2, 0.25) is 0 Å². The molecule has 2 rings (SSSR count). The molecule has 0 radical (unpaired) electrons. The first-order chi connectivity index (χ1) is 5.45. The largest absolute Gasteiger partial charge is 0.200 e. The van der Waals surface area contributed by atoms with Gasteiger partial charge in [0.2, 0.25) is 0 Å². The van der Waals surface area contributed by atoms with Gasteiger partial charge < -0.3 is 0 Å². The summed E-state index contributed by atoms with van der Waals surface area (Å²) >= 11 is 0. The lowest BCUT2D eigenvalue weighted by molar-refractivity contribution is -0.478. The summed E-state index contributed by atoms with van der Waals surface area (Å²) < 4.78 is 2.16. The average molecular weight is 144 g/mol. The molecule has 54 valence electrons. The molecule has 0 aliphatic carbocycles. The third-order valence-corrected chi connectivity index (χ3v) is 1.76. The van der Waals surface area contributed by atoms with E-state index in [1.165, 1.54) is 5.56 Å². The van der Waals surface area contributed by atoms with Gasteiger partial charge in [0.1, 0.15) is 0 Å². The van der Waals surface area contributed by atoms with Crippen molar-refractivity contribution < 1.29 is 4.58 Å². The van der Waals surface area contributed by atoms with Crippen LogP contribution in [-0.2, 0) is 6.54 Å². The highest BCUT2D eigenvalue weighted by Crippen LogP contribution is 2.02. The highest BCUT2D eigenvalue weighted by Gasteiger charge is 2.05. The highest BCUT2D eigenvalue weighted by atomic mass is 15.0. The van der Waals surface area contributed by atoms with Gasteiger partial charge in [0, 0.05) is 5.56 Å². The maximum absolute atomic E-state index is 2.16. The number of benzene rings is 1. The van der Waals surface area contributed by atoms with Crippen LogP contribution in [0.5, 0.6) is 0 Å². The Balaban J connectivity index is 2.07. The van der Waals surface area contributed by atoms with Gasteiger partial charge >= 0.3 is 0 Å². The van der Waals surface area contributed by atoms with Gasteiger partial charge in [0.25, 0.3) is 0 Å². The third kappa shape index (κ3) is 1.37. The van der Waals surface area contributed by atoms with Gasteiger partial charge in [-0.25, -0.2) is 4.58 Å². The first kappa shape index (κ1) is 6.35. The summed E-state index contributed by atoms with van der Waals surface area (Å²) in [6, 6.07) is 10.5. The topological polar surface area (TPSA) is 3.01 Å². The number of allylic oxidation sites excluding steroid dienone is 1. The van der Waals surface area contributed by atoms with E-state index < -0.39 is 0 Å². The quantitative estimate of drug-likeness (QED) is 0.557. The molecule has 0 N–H and O–H groups in total. The summed E-state index contributed by atoms with van der Waals surface area (Å²) in [7, 11) is 0. The average Bonchev–Trinajstić information content (AvgIpc) is 1.99. The molecular weight excluding hydrogens is 134 g/mol. The van der Waals surface area contributed by atoms with Crippen molar-refractivity contribution in [2.45, 2.75) is 6.54 Å². The molecule has 1 aliphatic heterocycles. The molecule has 0 amide bonds. The molecule has 1 aliphatic rings. The first-order valence-corrected chi connectivity index (χ1v) is 3.76. The number of nitrogens with zero attached hydrogens (tertiary/aromatic N) is 1. The van der Waals surface area contributed by atoms with Crippen LogP contribution in [-0.4, -0.2) is 10.8 Å². The van der Waals surface area contributed by atoms with Gasteiger partial charge in [-0.05, 0) is 0 Å². The van der Waals surface area contributed by atoms with E-state index in [9.17, 15) is 0 Å². The molecule has 0 fully saturated rings. The molecule has 1 aromatic carbocycles. The normalized spacial score (nSPS) is 14.0. The molecule has 0 bridgehead atoms. The maximum Gasteiger partial charge on any atom is 0.175 e. The summed E-state index contributed by atoms with van der Waals surface area (Å²) in [4.78, 5) is 0. The number of hydrogen-bond acceptors (Lipinski definition) is 0. The Kier molecular flexibility index (Phi) is 1.56. The van der Waals surface area contributed by atoms with Crippen LogP contribution in [0.4, 0.5) is 0 Å². The minimum absolute atomic E-state index is 0.997. The Labute approximate surface area is 66.3 Å². The van der Waals surface area contributed by atoms with Crippen molar-refractivity contribution in [1.29, 1.82) is 0 Å². The van der Waals surface area contributed by atoms with Crippen molar-refractivity contribution in [2.24, 2.45) is 0 Å². The Hall–Kier alpha value is -1.37. The van der Waals surface area contributed by atoms with Crippen molar-refractivity contribution in [2.75, 3.05) is 0 Å². The second-order valence-electron chi connectivity index (χ2n) is 2.65. The van der Waals surface area contributed by atoms with E-state index in [0.29, 0.717) is 0 Å². The van der Waals surface area contributed by atoms with E-state index in [2.05, 4.69) is 41.3 Å². The van der Waals surface area contributed by atoms with Crippen molar-refractivity contribution >= 4 is 6.21 Å². The molecule has 0 aromatic heterocycles. The zero-order valence-corrected chi connectivity index (χ0v) is 6.27. The summed E-state index contributed by atoms with van der Waals surface area (Å²) in [5.41, 5.74) is 1.35. The summed E-state index contributed by atoms with van der Waals surface area (Å²) in [6.45, 7) is 0.997. The van der Waals surface area contributed by atoms with E-state index in [0.717, 1.165) is 6.54 Å². The molecule has 0 unspecified atom stereocenters. The molecule has 0 spiro atoms. The van der Waals surface area contributed by atoms with E-state index >= 15 is 0 Å². The lowest BCUT2D eigenvalue weighted by Crippen LogP contribution is -2.10. The summed E-state index contributed by atoms with van der Waals surface area (Å²) in [6.07, 6.45) is 6.20. The molecule has 1 nitrogen and oxygen atoms in total. The molecule has 0 atom stereocenters. The molecule has 1 aromatic rings. The standard InChI is InChI=1S/C10H10N/c1-2-5-10(6-3-1)9-11-7-4-8-11/h1-8H,9H2/q+1. The van der Waals surface area contributed by atoms with Gasteiger partial charge in [0.05, 0.1) is 6.08 Å². The number of hydrogen-bond donors (Lipinski definition) is 0. The Morgan fingerprint density at radius 1 is 1.09 bits per heavy atom. The highest BCUT2D eigenvalue weighted by molar-refractivity contribution is 5.69. The SMILES string of the molecule is C1=C[N+](Cc2ccccc2)=C1. The van der Waals surface area contributed by atoms with Crippen LogP contribution in [0.15, 0.2) is 42.6 Å². The fourth-order valence-corrected chi connectivity index (χ4v) is 1.11. The van der Waals surface area contributed by atoms with Gasteiger partial charge in [-0.2, -0.15) is 0 Å². The van der Waals surface area contributed by atoms with Crippen molar-refractivity contribution in [1.82, 2.24) is 0 Å². The van der Waals surface area contributed by atoms with Crippen LogP contribution < -0.4 is 0 Å². The van der Waals surface area contributed by atoms with Crippen LogP contribution in [0.1, 0.15) is 5.56 Å². The second kappa shape index (κ2) is 2.70. The Morgan fingerprint density at radius 2 is 1.82 bits per heavy atom. The van der Waals surface area contributed by atoms with E-state index in [1.807, 2.05) is 12.1 Å². The summed E-state index contributed by atoms with van der Waals surface area (Å²) in [5, 5.41) is 0. The van der Waals surface area contributed by atoms with E-state index in [-0.39, 0.29) is 0 Å². The Morgan fingerprint density at radius 3 is 2.36 bits per heavy atom. The van der Waals surface area contributed by atoms with Crippen LogP contribution >= 0.6 is 0 Å². The minimum atomic E-state index is 0.997. The monoisotopic (exact) mass is 144 g/mol. The van der Waals surface area contributed by atoms with Crippen LogP contribution in [0, 0.1) is 0 Å².